The molecule has 2 atom stereocenters. The van der Waals surface area contributed by atoms with Crippen molar-refractivity contribution in [2.75, 3.05) is 13.6 Å². The number of nitrogens with zero attached hydrogens (tertiary/aromatic N) is 2. The van der Waals surface area contributed by atoms with Crippen LogP contribution in [0, 0.1) is 5.41 Å². The van der Waals surface area contributed by atoms with Crippen molar-refractivity contribution in [3.8, 4) is 0 Å². The first-order valence-corrected chi connectivity index (χ1v) is 9.74. The number of likely N-dealkylation sites (N-methyl/N-ethyl adjacent to an activating group) is 1. The number of carbonyl (C=O) groups is 2. The largest absolute Gasteiger partial charge is 0.334 e. The number of sulfonamides is 1. The normalized spacial score (nSPS) is 14.6. The maximum Gasteiger partial charge on any atom is 0.315 e. The van der Waals surface area contributed by atoms with Crippen LogP contribution < -0.4 is 10.6 Å². The minimum absolute atomic E-state index is 0.0511. The smallest absolute Gasteiger partial charge is 0.315 e. The molecule has 0 aromatic carbocycles. The average Bonchev–Trinajstić information content (AvgIpc) is 2.53. The Kier molecular flexibility index (Phi) is 7.28. The highest BCUT2D eigenvalue weighted by molar-refractivity contribution is 7.89. The molecule has 0 aliphatic carbocycles. The third kappa shape index (κ3) is 6.06. The minimum atomic E-state index is -3.77. The predicted octanol–water partition coefficient (Wildman–Crippen LogP) is 1.39. The van der Waals surface area contributed by atoms with Crippen molar-refractivity contribution in [1.29, 1.82) is 0 Å². The van der Waals surface area contributed by atoms with Crippen LogP contribution in [-0.4, -0.2) is 55.2 Å². The number of pyridine rings is 1. The molecular formula is C17H28N4O4S. The topological polar surface area (TPSA) is 108 Å². The van der Waals surface area contributed by atoms with Crippen molar-refractivity contribution in [2.24, 2.45) is 5.41 Å². The standard InChI is InChI=1S/C17H28N4O4S/c1-12(13(2)22)19-16(23)20-14(17(3,4)5)11-21(6)26(24,25)15-9-7-8-10-18-15/h7-10,12,14H,11H2,1-6H3,(H2,19,20,23)/t12?,14-/m0/s1. The van der Waals surface area contributed by atoms with Crippen LogP contribution >= 0.6 is 0 Å². The summed E-state index contributed by atoms with van der Waals surface area (Å²) >= 11 is 0. The van der Waals surface area contributed by atoms with Crippen molar-refractivity contribution >= 4 is 21.8 Å². The summed E-state index contributed by atoms with van der Waals surface area (Å²) in [7, 11) is -2.33. The number of nitrogens with one attached hydrogen (secondary N) is 2. The summed E-state index contributed by atoms with van der Waals surface area (Å²) in [6, 6.07) is 3.04. The Morgan fingerprint density at radius 2 is 1.85 bits per heavy atom. The average molecular weight is 385 g/mol. The van der Waals surface area contributed by atoms with Crippen molar-refractivity contribution in [3.63, 3.8) is 0 Å². The molecule has 0 saturated heterocycles. The van der Waals surface area contributed by atoms with Crippen molar-refractivity contribution in [2.45, 2.75) is 51.7 Å². The lowest BCUT2D eigenvalue weighted by Crippen LogP contribution is -2.55. The van der Waals surface area contributed by atoms with Gasteiger partial charge in [0.1, 0.15) is 0 Å². The number of urea groups is 1. The fourth-order valence-electron chi connectivity index (χ4n) is 2.05. The summed E-state index contributed by atoms with van der Waals surface area (Å²) < 4.78 is 26.4. The van der Waals surface area contributed by atoms with Crippen LogP contribution in [0.5, 0.6) is 0 Å². The van der Waals surface area contributed by atoms with E-state index in [-0.39, 0.29) is 17.4 Å². The number of aromatic nitrogens is 1. The number of amides is 2. The van der Waals surface area contributed by atoms with Crippen LogP contribution in [0.25, 0.3) is 0 Å². The highest BCUT2D eigenvalue weighted by atomic mass is 32.2. The van der Waals surface area contributed by atoms with E-state index in [0.717, 1.165) is 0 Å². The summed E-state index contributed by atoms with van der Waals surface area (Å²) in [4.78, 5) is 27.3. The second-order valence-corrected chi connectivity index (χ2v) is 9.31. The van der Waals surface area contributed by atoms with E-state index in [1.54, 1.807) is 19.1 Å². The van der Waals surface area contributed by atoms with Crippen molar-refractivity contribution in [3.05, 3.63) is 24.4 Å². The zero-order valence-corrected chi connectivity index (χ0v) is 16.9. The number of rotatable bonds is 7. The lowest BCUT2D eigenvalue weighted by atomic mass is 9.87. The molecular weight excluding hydrogens is 356 g/mol. The molecule has 0 radical (unpaired) electrons. The van der Waals surface area contributed by atoms with Gasteiger partial charge in [-0.05, 0) is 31.4 Å². The van der Waals surface area contributed by atoms with Crippen LogP contribution in [0.3, 0.4) is 0 Å². The number of carbonyl (C=O) groups excluding carboxylic acids is 2. The SMILES string of the molecule is CC(=O)C(C)NC(=O)N[C@@H](CN(C)S(=O)(=O)c1ccccn1)C(C)(C)C. The number of ketones is 1. The van der Waals surface area contributed by atoms with E-state index in [1.807, 2.05) is 20.8 Å². The Morgan fingerprint density at radius 3 is 2.31 bits per heavy atom. The third-order valence-corrected chi connectivity index (χ3v) is 5.80. The van der Waals surface area contributed by atoms with Crippen molar-refractivity contribution < 1.29 is 18.0 Å². The highest BCUT2D eigenvalue weighted by Crippen LogP contribution is 2.22. The molecule has 1 heterocycles. The minimum Gasteiger partial charge on any atom is -0.334 e. The molecule has 9 heteroatoms. The maximum atomic E-state index is 12.6. The lowest BCUT2D eigenvalue weighted by molar-refractivity contribution is -0.118. The van der Waals surface area contributed by atoms with E-state index in [0.29, 0.717) is 0 Å². The van der Waals surface area contributed by atoms with E-state index in [1.165, 1.54) is 30.5 Å². The second kappa shape index (κ2) is 8.59. The lowest BCUT2D eigenvalue weighted by Gasteiger charge is -2.34. The van der Waals surface area contributed by atoms with Crippen LogP contribution in [0.4, 0.5) is 4.79 Å². The van der Waals surface area contributed by atoms with Crippen molar-refractivity contribution in [1.82, 2.24) is 19.9 Å². The van der Waals surface area contributed by atoms with E-state index < -0.39 is 33.6 Å². The Labute approximate surface area is 155 Å². The van der Waals surface area contributed by atoms with Gasteiger partial charge in [0.25, 0.3) is 10.0 Å². The molecule has 0 aliphatic heterocycles. The second-order valence-electron chi connectivity index (χ2n) is 7.32. The first kappa shape index (κ1) is 22.0. The van der Waals surface area contributed by atoms with Gasteiger partial charge in [-0.3, -0.25) is 4.79 Å². The van der Waals surface area contributed by atoms with Gasteiger partial charge in [0.05, 0.1) is 6.04 Å². The molecule has 2 amide bonds. The molecule has 2 N–H and O–H groups in total. The Morgan fingerprint density at radius 1 is 1.23 bits per heavy atom. The van der Waals surface area contributed by atoms with E-state index in [4.69, 9.17) is 0 Å². The molecule has 1 aromatic rings. The van der Waals surface area contributed by atoms with Gasteiger partial charge < -0.3 is 10.6 Å². The Hall–Kier alpha value is -2.00. The highest BCUT2D eigenvalue weighted by Gasteiger charge is 2.32. The first-order chi connectivity index (χ1) is 11.9. The van der Waals surface area contributed by atoms with Gasteiger partial charge in [-0.1, -0.05) is 26.8 Å². The van der Waals surface area contributed by atoms with Gasteiger partial charge in [0.2, 0.25) is 0 Å². The predicted molar refractivity (Wildman–Crippen MR) is 99.1 cm³/mol. The molecule has 0 bridgehead atoms. The van der Waals surface area contributed by atoms with E-state index in [9.17, 15) is 18.0 Å². The summed E-state index contributed by atoms with van der Waals surface area (Å²) in [5, 5.41) is 5.26. The summed E-state index contributed by atoms with van der Waals surface area (Å²) in [5.41, 5.74) is -0.412. The van der Waals surface area contributed by atoms with Crippen LogP contribution in [0.15, 0.2) is 29.4 Å². The molecule has 8 nitrogen and oxygen atoms in total. The summed E-state index contributed by atoms with van der Waals surface area (Å²) in [6.07, 6.45) is 1.41. The number of Topliss-reactive ketones (excluding diaryl/α,β-unsaturated/α-hetero) is 1. The molecule has 0 aliphatic rings. The monoisotopic (exact) mass is 384 g/mol. The molecule has 1 aromatic heterocycles. The first-order valence-electron chi connectivity index (χ1n) is 8.30. The van der Waals surface area contributed by atoms with E-state index >= 15 is 0 Å². The van der Waals surface area contributed by atoms with Gasteiger partial charge in [-0.15, -0.1) is 0 Å². The summed E-state index contributed by atoms with van der Waals surface area (Å²) in [5.74, 6) is -0.165. The fraction of sp³-hybridized carbons (Fsp3) is 0.588. The van der Waals surface area contributed by atoms with Gasteiger partial charge in [-0.25, -0.2) is 18.2 Å². The Balaban J connectivity index is 2.91. The zero-order chi connectivity index (χ0) is 20.1. The number of hydrogen-bond acceptors (Lipinski definition) is 5. The molecule has 1 rings (SSSR count). The molecule has 0 saturated carbocycles. The quantitative estimate of drug-likeness (QED) is 0.738. The van der Waals surface area contributed by atoms with Gasteiger partial charge >= 0.3 is 6.03 Å². The van der Waals surface area contributed by atoms with Crippen LogP contribution in [-0.2, 0) is 14.8 Å². The molecule has 1 unspecified atom stereocenters. The van der Waals surface area contributed by atoms with Crippen LogP contribution in [0.1, 0.15) is 34.6 Å². The van der Waals surface area contributed by atoms with Gasteiger partial charge in [0, 0.05) is 25.8 Å². The van der Waals surface area contributed by atoms with Crippen LogP contribution in [0.2, 0.25) is 0 Å². The Bertz CT molecular complexity index is 729. The molecule has 0 spiro atoms. The molecule has 146 valence electrons. The van der Waals surface area contributed by atoms with E-state index in [2.05, 4.69) is 15.6 Å². The summed E-state index contributed by atoms with van der Waals surface area (Å²) in [6.45, 7) is 8.73. The van der Waals surface area contributed by atoms with Gasteiger partial charge in [-0.2, -0.15) is 4.31 Å². The zero-order valence-electron chi connectivity index (χ0n) is 16.1. The third-order valence-electron chi connectivity index (χ3n) is 4.06. The maximum absolute atomic E-state index is 12.6. The molecule has 26 heavy (non-hydrogen) atoms. The fourth-order valence-corrected chi connectivity index (χ4v) is 3.16. The number of hydrogen-bond donors (Lipinski definition) is 2. The molecule has 0 fully saturated rings. The van der Waals surface area contributed by atoms with Gasteiger partial charge in [0.15, 0.2) is 10.8 Å².